The Labute approximate surface area is 211 Å². The summed E-state index contributed by atoms with van der Waals surface area (Å²) in [6.07, 6.45) is -9.96. The van der Waals surface area contributed by atoms with Gasteiger partial charge in [-0.3, -0.25) is 4.90 Å². The van der Waals surface area contributed by atoms with Gasteiger partial charge in [0.1, 0.15) is 0 Å². The van der Waals surface area contributed by atoms with Crippen LogP contribution in [0.25, 0.3) is 0 Å². The molecule has 0 spiro atoms. The molecular formula is C27H27F6N3O. The molecule has 0 atom stereocenters. The average molecular weight is 524 g/mol. The molecule has 0 radical (unpaired) electrons. The van der Waals surface area contributed by atoms with Crippen LogP contribution in [0.1, 0.15) is 23.6 Å². The van der Waals surface area contributed by atoms with Gasteiger partial charge in [-0.2, -0.15) is 13.2 Å². The van der Waals surface area contributed by atoms with Crippen LogP contribution in [0.5, 0.6) is 5.75 Å². The van der Waals surface area contributed by atoms with E-state index in [-0.39, 0.29) is 18.0 Å². The Morgan fingerprint density at radius 3 is 1.84 bits per heavy atom. The van der Waals surface area contributed by atoms with Gasteiger partial charge in [-0.05, 0) is 29.3 Å². The molecule has 1 aliphatic heterocycles. The summed E-state index contributed by atoms with van der Waals surface area (Å²) in [5, 5.41) is 3.24. The van der Waals surface area contributed by atoms with Crippen LogP contribution in [0.4, 0.5) is 37.7 Å². The smallest absolute Gasteiger partial charge is 0.404 e. The van der Waals surface area contributed by atoms with Crippen LogP contribution in [-0.4, -0.2) is 50.2 Å². The Hall–Kier alpha value is -3.40. The number of hydrogen-bond acceptors (Lipinski definition) is 4. The van der Waals surface area contributed by atoms with Crippen LogP contribution in [0.15, 0.2) is 78.9 Å². The van der Waals surface area contributed by atoms with Gasteiger partial charge in [0.05, 0.1) is 18.2 Å². The zero-order chi connectivity index (χ0) is 26.5. The maximum Gasteiger partial charge on any atom is 0.573 e. The summed E-state index contributed by atoms with van der Waals surface area (Å²) in [5.41, 5.74) is 2.53. The van der Waals surface area contributed by atoms with Crippen LogP contribution in [-0.2, 0) is 0 Å². The van der Waals surface area contributed by atoms with E-state index in [1.165, 1.54) is 12.1 Å². The molecule has 4 rings (SSSR count). The number of piperazine rings is 1. The highest BCUT2D eigenvalue weighted by Gasteiger charge is 2.33. The fourth-order valence-electron chi connectivity index (χ4n) is 4.36. The molecule has 1 aliphatic rings. The number of nitrogens with zero attached hydrogens (tertiary/aromatic N) is 2. The molecule has 3 aromatic carbocycles. The van der Waals surface area contributed by atoms with Gasteiger partial charge in [-0.1, -0.05) is 60.7 Å². The van der Waals surface area contributed by atoms with E-state index < -0.39 is 25.0 Å². The zero-order valence-corrected chi connectivity index (χ0v) is 19.9. The first kappa shape index (κ1) is 26.7. The Bertz CT molecular complexity index is 1090. The maximum absolute atomic E-state index is 13.2. The van der Waals surface area contributed by atoms with Gasteiger partial charge in [0.25, 0.3) is 0 Å². The number of nitrogens with one attached hydrogen (secondary N) is 1. The molecular weight excluding hydrogens is 496 g/mol. The number of anilines is 2. The lowest BCUT2D eigenvalue weighted by molar-refractivity contribution is -0.274. The Kier molecular flexibility index (Phi) is 8.16. The first-order valence-electron chi connectivity index (χ1n) is 11.9. The van der Waals surface area contributed by atoms with Crippen LogP contribution in [0.3, 0.4) is 0 Å². The van der Waals surface area contributed by atoms with Gasteiger partial charge in [0.2, 0.25) is 0 Å². The van der Waals surface area contributed by atoms with Gasteiger partial charge in [-0.15, -0.1) is 13.2 Å². The topological polar surface area (TPSA) is 27.7 Å². The van der Waals surface area contributed by atoms with Crippen molar-refractivity contribution in [3.8, 4) is 5.75 Å². The fraction of sp³-hybridized carbons (Fsp3) is 0.333. The Morgan fingerprint density at radius 1 is 0.757 bits per heavy atom. The minimum atomic E-state index is -4.88. The average Bonchev–Trinajstić information content (AvgIpc) is 2.87. The highest BCUT2D eigenvalue weighted by Crippen LogP contribution is 2.37. The van der Waals surface area contributed by atoms with Gasteiger partial charge >= 0.3 is 12.5 Å². The number of rotatable bonds is 8. The minimum absolute atomic E-state index is 0.0711. The number of alkyl halides is 6. The van der Waals surface area contributed by atoms with E-state index in [9.17, 15) is 26.3 Å². The van der Waals surface area contributed by atoms with Crippen LogP contribution in [0, 0.1) is 0 Å². The van der Waals surface area contributed by atoms with E-state index in [4.69, 9.17) is 0 Å². The summed E-state index contributed by atoms with van der Waals surface area (Å²) in [6, 6.07) is 22.7. The van der Waals surface area contributed by atoms with Crippen LogP contribution >= 0.6 is 0 Å². The molecule has 3 aromatic rings. The third-order valence-corrected chi connectivity index (χ3v) is 6.20. The minimum Gasteiger partial charge on any atom is -0.404 e. The summed E-state index contributed by atoms with van der Waals surface area (Å²) in [6.45, 7) is 1.69. The first-order valence-corrected chi connectivity index (χ1v) is 11.9. The van der Waals surface area contributed by atoms with Crippen molar-refractivity contribution in [3.05, 3.63) is 90.0 Å². The third-order valence-electron chi connectivity index (χ3n) is 6.20. The largest absolute Gasteiger partial charge is 0.573 e. The molecule has 1 N–H and O–H groups in total. The summed E-state index contributed by atoms with van der Waals surface area (Å²) >= 11 is 0. The third kappa shape index (κ3) is 7.79. The number of halogens is 6. The lowest BCUT2D eigenvalue weighted by atomic mass is 9.98. The monoisotopic (exact) mass is 523 g/mol. The molecule has 37 heavy (non-hydrogen) atoms. The van der Waals surface area contributed by atoms with E-state index in [1.54, 1.807) is 11.0 Å². The van der Waals surface area contributed by atoms with Crippen molar-refractivity contribution < 1.29 is 31.1 Å². The van der Waals surface area contributed by atoms with Crippen molar-refractivity contribution >= 4 is 11.4 Å². The predicted molar refractivity (Wildman–Crippen MR) is 131 cm³/mol. The molecule has 0 saturated carbocycles. The standard InChI is InChI=1S/C27H27F6N3O/c28-26(29,30)13-14-35-15-17-36(18-16-35)22-11-12-24(37-27(31,32)33)23(19-22)34-25(20-7-3-1-4-8-20)21-9-5-2-6-10-21/h1-12,19,25,34H,13-18H2. The van der Waals surface area contributed by atoms with Crippen molar-refractivity contribution in [2.75, 3.05) is 42.9 Å². The second-order valence-electron chi connectivity index (χ2n) is 8.82. The lowest BCUT2D eigenvalue weighted by Crippen LogP contribution is -2.47. The Morgan fingerprint density at radius 2 is 1.32 bits per heavy atom. The van der Waals surface area contributed by atoms with Gasteiger partial charge < -0.3 is 15.0 Å². The molecule has 1 fully saturated rings. The quantitative estimate of drug-likeness (QED) is 0.327. The fourth-order valence-corrected chi connectivity index (χ4v) is 4.36. The van der Waals surface area contributed by atoms with Gasteiger partial charge in [0, 0.05) is 38.4 Å². The normalized spacial score (nSPS) is 15.2. The second-order valence-corrected chi connectivity index (χ2v) is 8.82. The van der Waals surface area contributed by atoms with Crippen molar-refractivity contribution in [3.63, 3.8) is 0 Å². The van der Waals surface area contributed by atoms with Gasteiger partial charge in [-0.25, -0.2) is 0 Å². The van der Waals surface area contributed by atoms with Crippen molar-refractivity contribution in [1.82, 2.24) is 4.90 Å². The molecule has 0 unspecified atom stereocenters. The number of ether oxygens (including phenoxy) is 1. The summed E-state index contributed by atoms with van der Waals surface area (Å²) in [5.74, 6) is -0.364. The number of hydrogen-bond donors (Lipinski definition) is 1. The SMILES string of the molecule is FC(F)(F)CCN1CCN(c2ccc(OC(F)(F)F)c(NC(c3ccccc3)c3ccccc3)c2)CC1. The summed E-state index contributed by atoms with van der Waals surface area (Å²) in [7, 11) is 0. The summed E-state index contributed by atoms with van der Waals surface area (Å²) < 4.78 is 81.7. The molecule has 0 aliphatic carbocycles. The highest BCUT2D eigenvalue weighted by atomic mass is 19.4. The molecule has 1 saturated heterocycles. The van der Waals surface area contributed by atoms with E-state index >= 15 is 0 Å². The lowest BCUT2D eigenvalue weighted by Gasteiger charge is -2.36. The molecule has 10 heteroatoms. The van der Waals surface area contributed by atoms with Gasteiger partial charge in [0.15, 0.2) is 5.75 Å². The molecule has 0 aromatic heterocycles. The molecule has 1 heterocycles. The summed E-state index contributed by atoms with van der Waals surface area (Å²) in [4.78, 5) is 3.69. The molecule has 0 amide bonds. The Balaban J connectivity index is 1.59. The second kappa shape index (κ2) is 11.3. The van der Waals surface area contributed by atoms with E-state index in [0.717, 1.165) is 11.1 Å². The van der Waals surface area contributed by atoms with Crippen molar-refractivity contribution in [2.45, 2.75) is 25.0 Å². The van der Waals surface area contributed by atoms with E-state index in [2.05, 4.69) is 10.1 Å². The van der Waals surface area contributed by atoms with Crippen molar-refractivity contribution in [2.24, 2.45) is 0 Å². The first-order chi connectivity index (χ1) is 17.6. The van der Waals surface area contributed by atoms with E-state index in [0.29, 0.717) is 31.9 Å². The van der Waals surface area contributed by atoms with Crippen molar-refractivity contribution in [1.29, 1.82) is 0 Å². The molecule has 0 bridgehead atoms. The zero-order valence-electron chi connectivity index (χ0n) is 19.9. The van der Waals surface area contributed by atoms with Crippen LogP contribution < -0.4 is 15.0 Å². The predicted octanol–water partition coefficient (Wildman–Crippen LogP) is 6.86. The molecule has 198 valence electrons. The molecule has 4 nitrogen and oxygen atoms in total. The number of benzene rings is 3. The van der Waals surface area contributed by atoms with E-state index in [1.807, 2.05) is 65.6 Å². The van der Waals surface area contributed by atoms with Crippen LogP contribution in [0.2, 0.25) is 0 Å². The maximum atomic E-state index is 13.2. The highest BCUT2D eigenvalue weighted by molar-refractivity contribution is 5.67.